The fourth-order valence-corrected chi connectivity index (χ4v) is 2.95. The Hall–Kier alpha value is -3.20. The average Bonchev–Trinajstić information content (AvgIpc) is 2.66. The molecule has 0 radical (unpaired) electrons. The molecule has 9 heteroatoms. The maximum absolute atomic E-state index is 12.3. The van der Waals surface area contributed by atoms with Crippen molar-refractivity contribution in [3.8, 4) is 0 Å². The first-order valence-electron chi connectivity index (χ1n) is 8.56. The summed E-state index contributed by atoms with van der Waals surface area (Å²) in [7, 11) is 4.94. The quantitative estimate of drug-likeness (QED) is 0.432. The van der Waals surface area contributed by atoms with Gasteiger partial charge in [-0.25, -0.2) is 4.79 Å². The summed E-state index contributed by atoms with van der Waals surface area (Å²) in [6.45, 7) is 3.38. The lowest BCUT2D eigenvalue weighted by atomic mass is 9.79. The number of hydrogen-bond donors (Lipinski definition) is 2. The van der Waals surface area contributed by atoms with Crippen molar-refractivity contribution in [1.82, 2.24) is 10.6 Å². The van der Waals surface area contributed by atoms with Gasteiger partial charge in [0.05, 0.1) is 23.6 Å². The number of nitrogens with one attached hydrogen (secondary N) is 2. The molecule has 1 atom stereocenters. The summed E-state index contributed by atoms with van der Waals surface area (Å²) in [5, 5.41) is 28.5. The van der Waals surface area contributed by atoms with Crippen LogP contribution in [0.25, 0.3) is 0 Å². The van der Waals surface area contributed by atoms with Crippen molar-refractivity contribution >= 4 is 17.6 Å². The van der Waals surface area contributed by atoms with Gasteiger partial charge in [-0.3, -0.25) is 10.1 Å². The third kappa shape index (κ3) is 4.95. The fourth-order valence-electron chi connectivity index (χ4n) is 2.95. The molecule has 1 heterocycles. The lowest BCUT2D eigenvalue weighted by Gasteiger charge is -2.32. The van der Waals surface area contributed by atoms with Crippen molar-refractivity contribution in [2.75, 3.05) is 21.2 Å². The van der Waals surface area contributed by atoms with E-state index in [-0.39, 0.29) is 16.8 Å². The van der Waals surface area contributed by atoms with Gasteiger partial charge < -0.3 is 25.3 Å². The molecule has 0 saturated carbocycles. The number of rotatable bonds is 5. The number of dihydropyridines is 1. The summed E-state index contributed by atoms with van der Waals surface area (Å²) in [6, 6.07) is 5.53. The number of nitrogens with zero attached hydrogens (tertiary/aromatic N) is 1. The van der Waals surface area contributed by atoms with Gasteiger partial charge in [0.25, 0.3) is 5.69 Å². The molecule has 9 nitrogen and oxygen atoms in total. The third-order valence-electron chi connectivity index (χ3n) is 4.04. The van der Waals surface area contributed by atoms with Gasteiger partial charge in [0, 0.05) is 35.0 Å². The molecule has 1 aromatic carbocycles. The number of carbonyl (C=O) groups excluding carboxylic acids is 2. The van der Waals surface area contributed by atoms with Crippen LogP contribution < -0.4 is 15.7 Å². The Balaban J connectivity index is 0.00000122. The van der Waals surface area contributed by atoms with Crippen LogP contribution in [0.5, 0.6) is 0 Å². The molecule has 0 aromatic heterocycles. The molecular formula is C19H24N3O6-. The molecule has 1 aromatic rings. The van der Waals surface area contributed by atoms with Crippen LogP contribution in [-0.4, -0.2) is 38.1 Å². The van der Waals surface area contributed by atoms with E-state index in [1.807, 2.05) is 14.1 Å². The van der Waals surface area contributed by atoms with E-state index in [0.29, 0.717) is 23.4 Å². The molecule has 0 saturated heterocycles. The van der Waals surface area contributed by atoms with Crippen molar-refractivity contribution in [3.05, 3.63) is 62.5 Å². The smallest absolute Gasteiger partial charge is 0.336 e. The van der Waals surface area contributed by atoms with Gasteiger partial charge in [-0.15, -0.1) is 0 Å². The number of allylic oxidation sites excluding steroid dienone is 2. The second kappa shape index (κ2) is 10.2. The molecule has 0 bridgehead atoms. The number of hydrogen-bond acceptors (Lipinski definition) is 8. The molecule has 0 fully saturated rings. The number of methoxy groups -OCH3 is 1. The van der Waals surface area contributed by atoms with Gasteiger partial charge >= 0.3 is 5.97 Å². The van der Waals surface area contributed by atoms with E-state index in [1.54, 1.807) is 13.8 Å². The van der Waals surface area contributed by atoms with Gasteiger partial charge in [0.1, 0.15) is 0 Å². The second-order valence-electron chi connectivity index (χ2n) is 5.97. The number of benzene rings is 1. The van der Waals surface area contributed by atoms with Gasteiger partial charge in [0.15, 0.2) is 0 Å². The van der Waals surface area contributed by atoms with E-state index in [2.05, 4.69) is 10.6 Å². The van der Waals surface area contributed by atoms with Crippen molar-refractivity contribution in [3.63, 3.8) is 0 Å². The zero-order chi connectivity index (χ0) is 21.4. The largest absolute Gasteiger partial charge is 0.545 e. The molecule has 152 valence electrons. The van der Waals surface area contributed by atoms with Crippen LogP contribution >= 0.6 is 0 Å². The number of carbonyl (C=O) groups is 2. The number of ether oxygens (including phenoxy) is 1. The highest BCUT2D eigenvalue weighted by atomic mass is 16.6. The lowest BCUT2D eigenvalue weighted by Crippen LogP contribution is -2.37. The van der Waals surface area contributed by atoms with Crippen LogP contribution in [0.3, 0.4) is 0 Å². The Morgan fingerprint density at radius 1 is 1.29 bits per heavy atom. The summed E-state index contributed by atoms with van der Waals surface area (Å²) in [4.78, 5) is 34.5. The molecule has 2 N–H and O–H groups in total. The van der Waals surface area contributed by atoms with Gasteiger partial charge in [-0.2, -0.15) is 0 Å². The normalized spacial score (nSPS) is 16.0. The molecule has 0 aliphatic carbocycles. The zero-order valence-corrected chi connectivity index (χ0v) is 16.5. The first kappa shape index (κ1) is 22.8. The van der Waals surface area contributed by atoms with Crippen LogP contribution in [0.15, 0.2) is 46.8 Å². The van der Waals surface area contributed by atoms with Crippen LogP contribution in [0, 0.1) is 10.1 Å². The number of non-ortho nitro benzene ring substituents is 1. The Labute approximate surface area is 163 Å². The number of aliphatic carboxylic acids is 1. The van der Waals surface area contributed by atoms with Crippen LogP contribution in [0.2, 0.25) is 0 Å². The summed E-state index contributed by atoms with van der Waals surface area (Å²) in [6.07, 6.45) is 0.362. The lowest BCUT2D eigenvalue weighted by molar-refractivity contribution is -0.384. The van der Waals surface area contributed by atoms with E-state index < -0.39 is 22.8 Å². The Morgan fingerprint density at radius 2 is 1.89 bits per heavy atom. The first-order valence-corrected chi connectivity index (χ1v) is 8.56. The second-order valence-corrected chi connectivity index (χ2v) is 5.97. The standard InChI is InChI=1S/C17H18N2O6.C2H7N/c1-4-12-15(16(20)21)14(13(9(2)18-12)17(22)25-3)10-6-5-7-11(8-10)19(23)24;1-3-2/h5-8,14,18H,4H2,1-3H3,(H,20,21);3H,1-2H3/p-1. The van der Waals surface area contributed by atoms with Crippen LogP contribution in [-0.2, 0) is 14.3 Å². The zero-order valence-electron chi connectivity index (χ0n) is 16.5. The van der Waals surface area contributed by atoms with E-state index in [1.165, 1.54) is 31.4 Å². The fraction of sp³-hybridized carbons (Fsp3) is 0.368. The summed E-state index contributed by atoms with van der Waals surface area (Å²) in [5.74, 6) is -3.18. The predicted molar refractivity (Wildman–Crippen MR) is 101 cm³/mol. The SMILES string of the molecule is CCC1=C(C(=O)[O-])C(c2cccc([N+](=O)[O-])c2)C(C(=O)OC)=C(C)N1.CNC. The van der Waals surface area contributed by atoms with Crippen molar-refractivity contribution in [2.45, 2.75) is 26.2 Å². The topological polar surface area (TPSA) is 134 Å². The van der Waals surface area contributed by atoms with E-state index in [0.717, 1.165) is 0 Å². The summed E-state index contributed by atoms with van der Waals surface area (Å²) in [5.41, 5.74) is 0.884. The van der Waals surface area contributed by atoms with Gasteiger partial charge in [0.2, 0.25) is 0 Å². The molecule has 1 aliphatic heterocycles. The van der Waals surface area contributed by atoms with Crippen LogP contribution in [0.4, 0.5) is 5.69 Å². The molecule has 2 rings (SSSR count). The first-order chi connectivity index (χ1) is 13.2. The molecule has 0 spiro atoms. The monoisotopic (exact) mass is 390 g/mol. The van der Waals surface area contributed by atoms with E-state index >= 15 is 0 Å². The Morgan fingerprint density at radius 3 is 2.36 bits per heavy atom. The van der Waals surface area contributed by atoms with Crippen molar-refractivity contribution in [2.24, 2.45) is 0 Å². The summed E-state index contributed by atoms with van der Waals surface area (Å²) >= 11 is 0. The van der Waals surface area contributed by atoms with E-state index in [4.69, 9.17) is 4.74 Å². The highest BCUT2D eigenvalue weighted by molar-refractivity contribution is 5.98. The van der Waals surface area contributed by atoms with Crippen molar-refractivity contribution in [1.29, 1.82) is 0 Å². The molecule has 1 aliphatic rings. The number of carboxylic acids is 1. The highest BCUT2D eigenvalue weighted by Gasteiger charge is 2.35. The van der Waals surface area contributed by atoms with Gasteiger partial charge in [-0.1, -0.05) is 19.1 Å². The average molecular weight is 390 g/mol. The molecule has 28 heavy (non-hydrogen) atoms. The van der Waals surface area contributed by atoms with Crippen LogP contribution in [0.1, 0.15) is 31.7 Å². The summed E-state index contributed by atoms with van der Waals surface area (Å²) < 4.78 is 4.78. The Kier molecular flexibility index (Phi) is 8.33. The minimum atomic E-state index is -1.45. The third-order valence-corrected chi connectivity index (χ3v) is 4.04. The number of nitro groups is 1. The predicted octanol–water partition coefficient (Wildman–Crippen LogP) is 0.978. The minimum absolute atomic E-state index is 0.0828. The molecule has 0 amide bonds. The Bertz CT molecular complexity index is 829. The highest BCUT2D eigenvalue weighted by Crippen LogP contribution is 2.39. The van der Waals surface area contributed by atoms with Crippen molar-refractivity contribution < 1.29 is 24.4 Å². The minimum Gasteiger partial charge on any atom is -0.545 e. The number of esters is 1. The number of nitro benzene ring substituents is 1. The molecule has 1 unspecified atom stereocenters. The maximum Gasteiger partial charge on any atom is 0.336 e. The maximum atomic E-state index is 12.3. The molecular weight excluding hydrogens is 366 g/mol. The number of carboxylic acid groups (broad SMARTS) is 1. The van der Waals surface area contributed by atoms with Gasteiger partial charge in [-0.05, 0) is 33.0 Å². The van der Waals surface area contributed by atoms with E-state index in [9.17, 15) is 24.8 Å².